The molecule has 27 heteroatoms. The second-order valence-electron chi connectivity index (χ2n) is 17.8. The SMILES string of the molecule is CC[C@H](C)[C@H](NC(=O)[C@@H](NC(=O)[C@@H](NC(=O)CNC(=O)CNC(=O)[C@@H](NC(=O)[C@H](CCSC)NC(=O)[C@H](CC(C)C)NC(=O)CN)C(C)C)C(C)C)C(C)C)C(=O)N[C@@H](C)C(=O)O.O=C(O)C(F)(F)F. The highest BCUT2D eigenvalue weighted by Gasteiger charge is 2.39. The lowest BCUT2D eigenvalue weighted by atomic mass is 9.95. The van der Waals surface area contributed by atoms with Crippen molar-refractivity contribution in [3.05, 3.63) is 0 Å². The summed E-state index contributed by atoms with van der Waals surface area (Å²) >= 11 is 1.44. The molecule has 70 heavy (non-hydrogen) atoms. The predicted molar refractivity (Wildman–Crippen MR) is 252 cm³/mol. The van der Waals surface area contributed by atoms with E-state index < -0.39 is 144 Å². The molecule has 0 aliphatic carbocycles. The second kappa shape index (κ2) is 33.0. The van der Waals surface area contributed by atoms with Gasteiger partial charge in [-0.25, -0.2) is 4.79 Å². The Hall–Kier alpha value is -5.73. The Balaban J connectivity index is 0. The van der Waals surface area contributed by atoms with Crippen molar-refractivity contribution in [1.29, 1.82) is 0 Å². The fourth-order valence-corrected chi connectivity index (χ4v) is 6.36. The highest BCUT2D eigenvalue weighted by atomic mass is 32.2. The van der Waals surface area contributed by atoms with Crippen molar-refractivity contribution < 1.29 is 76.1 Å². The summed E-state index contributed by atoms with van der Waals surface area (Å²) in [5, 5.41) is 39.3. The number of aliphatic carboxylic acids is 2. The number of carbonyl (C=O) groups is 11. The van der Waals surface area contributed by atoms with Crippen LogP contribution < -0.4 is 53.6 Å². The summed E-state index contributed by atoms with van der Waals surface area (Å²) in [6, 6.07) is -7.71. The number of rotatable bonds is 29. The Bertz CT molecular complexity index is 1790. The van der Waals surface area contributed by atoms with Crippen LogP contribution in [-0.2, 0) is 52.7 Å². The van der Waals surface area contributed by atoms with Gasteiger partial charge < -0.3 is 63.8 Å². The number of alkyl halides is 3. The Kier molecular flexibility index (Phi) is 31.2. The van der Waals surface area contributed by atoms with Crippen LogP contribution in [0.5, 0.6) is 0 Å². The second-order valence-corrected chi connectivity index (χ2v) is 18.8. The highest BCUT2D eigenvalue weighted by molar-refractivity contribution is 7.98. The summed E-state index contributed by atoms with van der Waals surface area (Å²) < 4.78 is 31.7. The molecule has 0 saturated carbocycles. The molecule has 0 fully saturated rings. The number of nitrogens with one attached hydrogen (secondary N) is 9. The average Bonchev–Trinajstić information content (AvgIpc) is 3.26. The van der Waals surface area contributed by atoms with E-state index in [4.69, 9.17) is 15.6 Å². The van der Waals surface area contributed by atoms with Crippen molar-refractivity contribution in [3.63, 3.8) is 0 Å². The first-order valence-corrected chi connectivity index (χ1v) is 24.0. The molecule has 0 aliphatic heterocycles. The number of nitrogens with two attached hydrogens (primary N) is 1. The van der Waals surface area contributed by atoms with Crippen LogP contribution in [0, 0.1) is 29.6 Å². The largest absolute Gasteiger partial charge is 0.490 e. The lowest BCUT2D eigenvalue weighted by molar-refractivity contribution is -0.192. The molecule has 0 aromatic carbocycles. The summed E-state index contributed by atoms with van der Waals surface area (Å²) in [6.07, 6.45) is -2.27. The normalized spacial score (nSPS) is 14.7. The molecule has 0 aliphatic rings. The molecule has 0 spiro atoms. The van der Waals surface area contributed by atoms with Gasteiger partial charge >= 0.3 is 18.1 Å². The van der Waals surface area contributed by atoms with E-state index in [0.29, 0.717) is 18.6 Å². The summed E-state index contributed by atoms with van der Waals surface area (Å²) in [6.45, 7) is 17.1. The number of carbonyl (C=O) groups excluding carboxylic acids is 9. The topological polar surface area (TPSA) is 363 Å². The third-order valence-electron chi connectivity index (χ3n) is 10.2. The minimum absolute atomic E-state index is 0.0307. The first-order valence-electron chi connectivity index (χ1n) is 22.6. The fourth-order valence-electron chi connectivity index (χ4n) is 5.89. The molecule has 0 radical (unpaired) electrons. The van der Waals surface area contributed by atoms with Gasteiger partial charge in [0.15, 0.2) is 0 Å². The molecule has 0 saturated heterocycles. The van der Waals surface area contributed by atoms with Gasteiger partial charge in [0.25, 0.3) is 0 Å². The van der Waals surface area contributed by atoms with Gasteiger partial charge in [0.1, 0.15) is 42.3 Å². The molecule has 402 valence electrons. The van der Waals surface area contributed by atoms with Crippen molar-refractivity contribution in [2.45, 2.75) is 144 Å². The van der Waals surface area contributed by atoms with Crippen LogP contribution in [-0.4, -0.2) is 155 Å². The van der Waals surface area contributed by atoms with Gasteiger partial charge in [-0.05, 0) is 61.4 Å². The lowest BCUT2D eigenvalue weighted by Crippen LogP contribution is -2.61. The van der Waals surface area contributed by atoms with Gasteiger partial charge in [-0.2, -0.15) is 24.9 Å². The quantitative estimate of drug-likeness (QED) is 0.0433. The summed E-state index contributed by atoms with van der Waals surface area (Å²) in [7, 11) is 0. The average molecular weight is 1030 g/mol. The van der Waals surface area contributed by atoms with Gasteiger partial charge in [0.2, 0.25) is 53.2 Å². The van der Waals surface area contributed by atoms with Gasteiger partial charge in [-0.1, -0.05) is 75.7 Å². The number of carboxylic acids is 2. The predicted octanol–water partition coefficient (Wildman–Crippen LogP) is -0.878. The van der Waals surface area contributed by atoms with Crippen LogP contribution in [0.1, 0.15) is 95.4 Å². The summed E-state index contributed by atoms with van der Waals surface area (Å²) in [5.41, 5.74) is 5.42. The number of amides is 9. The van der Waals surface area contributed by atoms with Crippen LogP contribution >= 0.6 is 11.8 Å². The summed E-state index contributed by atoms with van der Waals surface area (Å²) in [5.74, 6) is -11.3. The maximum atomic E-state index is 13.5. The Labute approximate surface area is 410 Å². The molecule has 0 aromatic rings. The number of halogens is 3. The zero-order valence-corrected chi connectivity index (χ0v) is 42.7. The molecule has 0 bridgehead atoms. The van der Waals surface area contributed by atoms with Gasteiger partial charge in [-0.3, -0.25) is 47.9 Å². The van der Waals surface area contributed by atoms with Crippen LogP contribution in [0.3, 0.4) is 0 Å². The molecule has 0 heterocycles. The molecular weight excluding hydrogens is 954 g/mol. The smallest absolute Gasteiger partial charge is 0.480 e. The van der Waals surface area contributed by atoms with E-state index in [9.17, 15) is 66.2 Å². The van der Waals surface area contributed by atoms with Crippen molar-refractivity contribution in [2.24, 2.45) is 35.3 Å². The third-order valence-corrected chi connectivity index (χ3v) is 10.8. The van der Waals surface area contributed by atoms with E-state index in [1.54, 1.807) is 55.4 Å². The van der Waals surface area contributed by atoms with Crippen LogP contribution in [0.2, 0.25) is 0 Å². The van der Waals surface area contributed by atoms with Crippen LogP contribution in [0.25, 0.3) is 0 Å². The minimum Gasteiger partial charge on any atom is -0.480 e. The molecule has 9 amide bonds. The molecule has 0 aromatic heterocycles. The molecular formula is C43H75F3N10O13S. The first-order chi connectivity index (χ1) is 32.2. The van der Waals surface area contributed by atoms with E-state index in [2.05, 4.69) is 47.9 Å². The van der Waals surface area contributed by atoms with E-state index in [0.717, 1.165) is 0 Å². The zero-order chi connectivity index (χ0) is 54.8. The van der Waals surface area contributed by atoms with Crippen molar-refractivity contribution >= 4 is 76.9 Å². The molecule has 8 atom stereocenters. The molecule has 0 unspecified atom stereocenters. The monoisotopic (exact) mass is 1030 g/mol. The zero-order valence-electron chi connectivity index (χ0n) is 41.9. The van der Waals surface area contributed by atoms with E-state index in [1.165, 1.54) is 18.7 Å². The maximum Gasteiger partial charge on any atom is 0.490 e. The molecule has 13 N–H and O–H groups in total. The first kappa shape index (κ1) is 66.4. The Morgan fingerprint density at radius 1 is 0.543 bits per heavy atom. The maximum absolute atomic E-state index is 13.5. The minimum atomic E-state index is -5.08. The number of carboxylic acid groups (broad SMARTS) is 2. The van der Waals surface area contributed by atoms with E-state index in [1.807, 2.05) is 20.1 Å². The molecule has 23 nitrogen and oxygen atoms in total. The van der Waals surface area contributed by atoms with Crippen LogP contribution in [0.4, 0.5) is 13.2 Å². The van der Waals surface area contributed by atoms with Crippen molar-refractivity contribution in [2.75, 3.05) is 31.6 Å². The number of thioether (sulfide) groups is 1. The van der Waals surface area contributed by atoms with Gasteiger partial charge in [-0.15, -0.1) is 0 Å². The fraction of sp³-hybridized carbons (Fsp3) is 0.744. The number of hydrogen-bond acceptors (Lipinski definition) is 13. The van der Waals surface area contributed by atoms with Gasteiger partial charge in [0.05, 0.1) is 19.6 Å². The van der Waals surface area contributed by atoms with Crippen molar-refractivity contribution in [3.8, 4) is 0 Å². The Morgan fingerprint density at radius 2 is 0.971 bits per heavy atom. The van der Waals surface area contributed by atoms with Crippen molar-refractivity contribution in [1.82, 2.24) is 47.9 Å². The number of hydrogen-bond donors (Lipinski definition) is 12. The van der Waals surface area contributed by atoms with Crippen LogP contribution in [0.15, 0.2) is 0 Å². The Morgan fingerprint density at radius 3 is 1.40 bits per heavy atom. The summed E-state index contributed by atoms with van der Waals surface area (Å²) in [4.78, 5) is 138. The molecule has 0 rings (SSSR count). The lowest BCUT2D eigenvalue weighted by Gasteiger charge is -2.30. The van der Waals surface area contributed by atoms with E-state index in [-0.39, 0.29) is 24.8 Å². The highest BCUT2D eigenvalue weighted by Crippen LogP contribution is 2.14. The van der Waals surface area contributed by atoms with Gasteiger partial charge in [0, 0.05) is 0 Å². The van der Waals surface area contributed by atoms with E-state index >= 15 is 0 Å². The standard InChI is InChI=1S/C41H74N10O11S.C2HF3O2/c1-13-24(10)34(40(60)45-25(11)41(61)62)51-39(59)33(23(8)9)50-38(58)32(22(6)7)48-30(54)19-43-29(53)18-44-37(57)31(21(4)5)49-35(55)26(14-15-63-12)47-36(56)27(16-20(2)3)46-28(52)17-42;3-2(4,5)1(6)7/h20-27,31-34H,13-19,42H2,1-12H3,(H,43,53)(H,44,57)(H,45,60)(H,46,52)(H,47,56)(H,48,54)(H,49,55)(H,50,58)(H,51,59)(H,61,62);(H,6,7)/t24-,25-,26-,27-,31-,32-,33-,34-;/m0./s1. The third kappa shape index (κ3) is 26.3.